The molecule has 112 valence electrons. The molecule has 1 fully saturated rings. The van der Waals surface area contributed by atoms with Gasteiger partial charge in [0.25, 0.3) is 5.91 Å². The van der Waals surface area contributed by atoms with E-state index in [1.165, 1.54) is 28.0 Å². The highest BCUT2D eigenvalue weighted by Crippen LogP contribution is 2.29. The Morgan fingerprint density at radius 1 is 1.33 bits per heavy atom. The number of anilines is 1. The Kier molecular flexibility index (Phi) is 3.84. The van der Waals surface area contributed by atoms with Crippen LogP contribution in [0.5, 0.6) is 5.75 Å². The standard InChI is InChI=1S/C14H16N2O5/c1-15(2)13(19)10-6-9(3-4-11(10)17)16-7-8(14(20)21)5-12(16)18/h3-4,6,8,17H,5,7H2,1-2H3,(H,20,21)/t8-/m0/s1. The van der Waals surface area contributed by atoms with Crippen molar-refractivity contribution in [2.24, 2.45) is 5.92 Å². The van der Waals surface area contributed by atoms with E-state index in [-0.39, 0.29) is 30.2 Å². The number of carboxylic acids is 1. The molecule has 0 unspecified atom stereocenters. The number of phenolic OH excluding ortho intramolecular Hbond substituents is 1. The van der Waals surface area contributed by atoms with Crippen LogP contribution in [0.15, 0.2) is 18.2 Å². The van der Waals surface area contributed by atoms with Gasteiger partial charge >= 0.3 is 5.97 Å². The van der Waals surface area contributed by atoms with Gasteiger partial charge in [-0.2, -0.15) is 0 Å². The summed E-state index contributed by atoms with van der Waals surface area (Å²) in [5, 5.41) is 18.7. The molecular formula is C14H16N2O5. The number of aliphatic carboxylic acids is 1. The van der Waals surface area contributed by atoms with E-state index in [0.717, 1.165) is 0 Å². The van der Waals surface area contributed by atoms with E-state index >= 15 is 0 Å². The third kappa shape index (κ3) is 2.81. The summed E-state index contributed by atoms with van der Waals surface area (Å²) in [6, 6.07) is 4.22. The summed E-state index contributed by atoms with van der Waals surface area (Å²) in [6.07, 6.45) is -0.0623. The highest BCUT2D eigenvalue weighted by atomic mass is 16.4. The zero-order valence-corrected chi connectivity index (χ0v) is 11.7. The average molecular weight is 292 g/mol. The Morgan fingerprint density at radius 2 is 2.00 bits per heavy atom. The Balaban J connectivity index is 2.33. The number of hydrogen-bond acceptors (Lipinski definition) is 4. The maximum absolute atomic E-state index is 12.0. The largest absolute Gasteiger partial charge is 0.507 e. The molecule has 0 aliphatic carbocycles. The molecule has 1 heterocycles. The molecule has 0 saturated carbocycles. The zero-order valence-electron chi connectivity index (χ0n) is 11.7. The molecule has 7 nitrogen and oxygen atoms in total. The first-order valence-corrected chi connectivity index (χ1v) is 6.39. The second-order valence-electron chi connectivity index (χ2n) is 5.14. The number of nitrogens with zero attached hydrogens (tertiary/aromatic N) is 2. The van der Waals surface area contributed by atoms with E-state index in [1.54, 1.807) is 14.1 Å². The summed E-state index contributed by atoms with van der Waals surface area (Å²) in [5.41, 5.74) is 0.482. The number of phenols is 1. The van der Waals surface area contributed by atoms with Crippen LogP contribution in [0.3, 0.4) is 0 Å². The minimum Gasteiger partial charge on any atom is -0.507 e. The lowest BCUT2D eigenvalue weighted by Gasteiger charge is -2.18. The summed E-state index contributed by atoms with van der Waals surface area (Å²) in [7, 11) is 3.10. The lowest BCUT2D eigenvalue weighted by Crippen LogP contribution is -2.27. The van der Waals surface area contributed by atoms with Gasteiger partial charge < -0.3 is 20.0 Å². The molecule has 1 saturated heterocycles. The van der Waals surface area contributed by atoms with Crippen molar-refractivity contribution >= 4 is 23.5 Å². The minimum atomic E-state index is -1.02. The number of carbonyl (C=O) groups excluding carboxylic acids is 2. The summed E-state index contributed by atoms with van der Waals surface area (Å²) < 4.78 is 0. The van der Waals surface area contributed by atoms with Crippen molar-refractivity contribution in [3.8, 4) is 5.75 Å². The molecule has 21 heavy (non-hydrogen) atoms. The van der Waals surface area contributed by atoms with Crippen molar-refractivity contribution < 1.29 is 24.6 Å². The van der Waals surface area contributed by atoms with E-state index in [0.29, 0.717) is 5.69 Å². The minimum absolute atomic E-state index is 0.0623. The molecule has 0 aromatic heterocycles. The predicted molar refractivity (Wildman–Crippen MR) is 74.2 cm³/mol. The fourth-order valence-corrected chi connectivity index (χ4v) is 2.23. The number of aromatic hydroxyl groups is 1. The summed E-state index contributed by atoms with van der Waals surface area (Å²) >= 11 is 0. The fourth-order valence-electron chi connectivity index (χ4n) is 2.23. The first-order valence-electron chi connectivity index (χ1n) is 6.39. The van der Waals surface area contributed by atoms with Crippen molar-refractivity contribution in [2.45, 2.75) is 6.42 Å². The van der Waals surface area contributed by atoms with Crippen molar-refractivity contribution in [1.29, 1.82) is 0 Å². The van der Waals surface area contributed by atoms with Crippen LogP contribution in [0.1, 0.15) is 16.8 Å². The maximum Gasteiger partial charge on any atom is 0.308 e. The number of benzene rings is 1. The molecule has 7 heteroatoms. The predicted octanol–water partition coefficient (Wildman–Crippen LogP) is 0.531. The molecule has 0 radical (unpaired) electrons. The molecule has 1 aliphatic rings. The topological polar surface area (TPSA) is 98.2 Å². The smallest absolute Gasteiger partial charge is 0.308 e. The van der Waals surface area contributed by atoms with Crippen LogP contribution in [0, 0.1) is 5.92 Å². The number of rotatable bonds is 3. The van der Waals surface area contributed by atoms with Crippen LogP contribution in [0.4, 0.5) is 5.69 Å². The van der Waals surface area contributed by atoms with Crippen LogP contribution in [-0.2, 0) is 9.59 Å². The quantitative estimate of drug-likeness (QED) is 0.847. The molecule has 1 aliphatic heterocycles. The van der Waals surface area contributed by atoms with Gasteiger partial charge in [0.05, 0.1) is 11.5 Å². The van der Waals surface area contributed by atoms with Gasteiger partial charge in [0.2, 0.25) is 5.91 Å². The second-order valence-corrected chi connectivity index (χ2v) is 5.14. The van der Waals surface area contributed by atoms with Crippen molar-refractivity contribution in [1.82, 2.24) is 4.90 Å². The molecule has 0 bridgehead atoms. The van der Waals surface area contributed by atoms with Crippen LogP contribution >= 0.6 is 0 Å². The molecule has 2 rings (SSSR count). The van der Waals surface area contributed by atoms with Gasteiger partial charge in [-0.1, -0.05) is 0 Å². The van der Waals surface area contributed by atoms with Gasteiger partial charge in [0.1, 0.15) is 5.75 Å². The second kappa shape index (κ2) is 5.43. The number of carboxylic acid groups (broad SMARTS) is 1. The maximum atomic E-state index is 12.0. The lowest BCUT2D eigenvalue weighted by molar-refractivity contribution is -0.141. The van der Waals surface area contributed by atoms with Gasteiger partial charge in [-0.15, -0.1) is 0 Å². The van der Waals surface area contributed by atoms with Gasteiger partial charge in [-0.05, 0) is 18.2 Å². The van der Waals surface area contributed by atoms with Crippen LogP contribution in [-0.4, -0.2) is 53.5 Å². The van der Waals surface area contributed by atoms with Gasteiger partial charge in [-0.25, -0.2) is 0 Å². The molecule has 0 spiro atoms. The number of hydrogen-bond donors (Lipinski definition) is 2. The molecular weight excluding hydrogens is 276 g/mol. The van der Waals surface area contributed by atoms with E-state index < -0.39 is 17.8 Å². The molecule has 2 amide bonds. The van der Waals surface area contributed by atoms with E-state index in [4.69, 9.17) is 5.11 Å². The first kappa shape index (κ1) is 14.8. The van der Waals surface area contributed by atoms with Crippen LogP contribution < -0.4 is 4.90 Å². The average Bonchev–Trinajstić information content (AvgIpc) is 2.81. The SMILES string of the molecule is CN(C)C(=O)c1cc(N2C[C@@H](C(=O)O)CC2=O)ccc1O. The summed E-state index contributed by atoms with van der Waals surface area (Å²) in [4.78, 5) is 37.4. The third-order valence-corrected chi connectivity index (χ3v) is 3.40. The zero-order chi connectivity index (χ0) is 15.7. The van der Waals surface area contributed by atoms with Gasteiger partial charge in [0.15, 0.2) is 0 Å². The highest BCUT2D eigenvalue weighted by Gasteiger charge is 2.35. The first-order chi connectivity index (χ1) is 9.81. The summed E-state index contributed by atoms with van der Waals surface area (Å²) in [5.74, 6) is -2.65. The lowest BCUT2D eigenvalue weighted by atomic mass is 10.1. The Bertz CT molecular complexity index is 611. The Morgan fingerprint density at radius 3 is 2.52 bits per heavy atom. The van der Waals surface area contributed by atoms with Crippen molar-refractivity contribution in [3.63, 3.8) is 0 Å². The normalized spacial score (nSPS) is 17.9. The van der Waals surface area contributed by atoms with E-state index in [9.17, 15) is 19.5 Å². The molecule has 1 aromatic carbocycles. The fraction of sp³-hybridized carbons (Fsp3) is 0.357. The van der Waals surface area contributed by atoms with E-state index in [2.05, 4.69) is 0 Å². The molecule has 1 atom stereocenters. The van der Waals surface area contributed by atoms with Gasteiger partial charge in [0, 0.05) is 32.7 Å². The van der Waals surface area contributed by atoms with Crippen molar-refractivity contribution in [3.05, 3.63) is 23.8 Å². The van der Waals surface area contributed by atoms with Crippen LogP contribution in [0.25, 0.3) is 0 Å². The Labute approximate surface area is 121 Å². The van der Waals surface area contributed by atoms with Crippen molar-refractivity contribution in [2.75, 3.05) is 25.5 Å². The summed E-state index contributed by atoms with van der Waals surface area (Å²) in [6.45, 7) is 0.0640. The Hall–Kier alpha value is -2.57. The van der Waals surface area contributed by atoms with E-state index in [1.807, 2.05) is 0 Å². The third-order valence-electron chi connectivity index (χ3n) is 3.40. The molecule has 2 N–H and O–H groups in total. The number of amides is 2. The van der Waals surface area contributed by atoms with Gasteiger partial charge in [-0.3, -0.25) is 14.4 Å². The highest BCUT2D eigenvalue weighted by molar-refractivity contribution is 6.02. The monoisotopic (exact) mass is 292 g/mol. The number of carbonyl (C=O) groups is 3. The molecule has 1 aromatic rings. The van der Waals surface area contributed by atoms with Crippen LogP contribution in [0.2, 0.25) is 0 Å².